The topological polar surface area (TPSA) is 136 Å². The fraction of sp³-hybridized carbons (Fsp3) is 0.364. The molecule has 19 heavy (non-hydrogen) atoms. The summed E-state index contributed by atoms with van der Waals surface area (Å²) in [6.07, 6.45) is 3.17. The number of allylic oxidation sites excluding steroid dienone is 1. The van der Waals surface area contributed by atoms with Crippen molar-refractivity contribution in [3.8, 4) is 5.88 Å². The Labute approximate surface area is 108 Å². The Morgan fingerprint density at radius 3 is 2.74 bits per heavy atom. The van der Waals surface area contributed by atoms with Crippen LogP contribution in [0.15, 0.2) is 16.7 Å². The number of carboxylic acid groups (broad SMARTS) is 2. The second-order valence-electron chi connectivity index (χ2n) is 3.63. The van der Waals surface area contributed by atoms with E-state index in [1.165, 1.54) is 0 Å². The lowest BCUT2D eigenvalue weighted by molar-refractivity contribution is -0.138. The number of hydrogen-bond acceptors (Lipinski definition) is 6. The highest BCUT2D eigenvalue weighted by Crippen LogP contribution is 2.23. The van der Waals surface area contributed by atoms with Gasteiger partial charge in [0.15, 0.2) is 0 Å². The average Bonchev–Trinajstić information content (AvgIpc) is 2.73. The van der Waals surface area contributed by atoms with Crippen LogP contribution in [-0.2, 0) is 11.2 Å². The molecule has 1 unspecified atom stereocenters. The number of aromatic nitrogens is 1. The predicted molar refractivity (Wildman–Crippen MR) is 63.1 cm³/mol. The minimum atomic E-state index is -1.36. The normalized spacial score (nSPS) is 12.5. The zero-order chi connectivity index (χ0) is 14.4. The van der Waals surface area contributed by atoms with Crippen LogP contribution in [0.2, 0.25) is 0 Å². The number of ether oxygens (including phenoxy) is 1. The lowest BCUT2D eigenvalue weighted by Gasteiger charge is -2.06. The van der Waals surface area contributed by atoms with Crippen molar-refractivity contribution < 1.29 is 29.1 Å². The zero-order valence-electron chi connectivity index (χ0n) is 10.2. The molecule has 104 valence electrons. The largest absolute Gasteiger partial charge is 0.480 e. The van der Waals surface area contributed by atoms with E-state index in [1.54, 1.807) is 19.1 Å². The average molecular weight is 270 g/mol. The van der Waals surface area contributed by atoms with Crippen LogP contribution in [0.4, 0.5) is 0 Å². The summed E-state index contributed by atoms with van der Waals surface area (Å²) in [4.78, 5) is 21.6. The van der Waals surface area contributed by atoms with Crippen LogP contribution in [0.1, 0.15) is 23.0 Å². The molecule has 0 aliphatic rings. The van der Waals surface area contributed by atoms with Gasteiger partial charge in [-0.05, 0) is 12.1 Å². The van der Waals surface area contributed by atoms with Crippen LogP contribution in [-0.4, -0.2) is 40.0 Å². The second kappa shape index (κ2) is 6.55. The molecule has 0 bridgehead atoms. The number of nitrogens with two attached hydrogens (primary N) is 1. The fourth-order valence-electron chi connectivity index (χ4n) is 1.29. The van der Waals surface area contributed by atoms with Gasteiger partial charge in [-0.3, -0.25) is 4.79 Å². The van der Waals surface area contributed by atoms with E-state index in [0.29, 0.717) is 0 Å². The number of aromatic carboxylic acids is 1. The molecule has 0 aliphatic carbocycles. The van der Waals surface area contributed by atoms with Crippen molar-refractivity contribution >= 4 is 11.9 Å². The molecule has 0 saturated carbocycles. The Kier molecular flexibility index (Phi) is 5.07. The molecule has 0 radical (unpaired) electrons. The summed E-state index contributed by atoms with van der Waals surface area (Å²) in [5.74, 6) is -3.14. The Morgan fingerprint density at radius 2 is 2.21 bits per heavy atom. The number of rotatable bonds is 7. The summed E-state index contributed by atoms with van der Waals surface area (Å²) in [7, 11) is 0. The van der Waals surface area contributed by atoms with Crippen molar-refractivity contribution in [2.45, 2.75) is 19.4 Å². The van der Waals surface area contributed by atoms with E-state index in [4.69, 9.17) is 20.7 Å². The van der Waals surface area contributed by atoms with E-state index in [1.807, 2.05) is 0 Å². The van der Waals surface area contributed by atoms with Gasteiger partial charge in [-0.15, -0.1) is 0 Å². The van der Waals surface area contributed by atoms with Crippen molar-refractivity contribution in [2.24, 2.45) is 5.73 Å². The van der Waals surface area contributed by atoms with Crippen molar-refractivity contribution in [3.05, 3.63) is 23.5 Å². The fourth-order valence-corrected chi connectivity index (χ4v) is 1.29. The molecule has 1 heterocycles. The third kappa shape index (κ3) is 3.81. The van der Waals surface area contributed by atoms with Crippen molar-refractivity contribution in [2.75, 3.05) is 6.61 Å². The maximum atomic E-state index is 10.9. The number of carbonyl (C=O) groups is 2. The first kappa shape index (κ1) is 14.7. The standard InChI is InChI=1S/C11H14N2O6/c1-2-3-4-18-9-6(5-7(12)10(14)15)8(11(16)17)19-13-9/h2-3,7H,4-5,12H2,1H3,(H,14,15)(H,16,17)/b3-2+. The quantitative estimate of drug-likeness (QED) is 0.601. The smallest absolute Gasteiger partial charge is 0.375 e. The highest BCUT2D eigenvalue weighted by atomic mass is 16.5. The molecule has 0 aliphatic heterocycles. The first-order valence-corrected chi connectivity index (χ1v) is 5.41. The molecule has 1 atom stereocenters. The molecule has 0 saturated heterocycles. The van der Waals surface area contributed by atoms with E-state index < -0.39 is 23.7 Å². The predicted octanol–water partition coefficient (Wildman–Crippen LogP) is 0.282. The van der Waals surface area contributed by atoms with Gasteiger partial charge in [0.05, 0.1) is 5.56 Å². The molecular formula is C11H14N2O6. The highest BCUT2D eigenvalue weighted by molar-refractivity contribution is 5.87. The van der Waals surface area contributed by atoms with Gasteiger partial charge < -0.3 is 25.2 Å². The third-order valence-corrected chi connectivity index (χ3v) is 2.24. The van der Waals surface area contributed by atoms with Crippen LogP contribution in [0.25, 0.3) is 0 Å². The molecule has 0 spiro atoms. The molecule has 4 N–H and O–H groups in total. The lowest BCUT2D eigenvalue weighted by Crippen LogP contribution is -2.32. The monoisotopic (exact) mass is 270 g/mol. The molecule has 0 fully saturated rings. The van der Waals surface area contributed by atoms with Crippen LogP contribution in [0.3, 0.4) is 0 Å². The van der Waals surface area contributed by atoms with Crippen LogP contribution < -0.4 is 10.5 Å². The Morgan fingerprint density at radius 1 is 1.53 bits per heavy atom. The molecule has 1 rings (SSSR count). The Hall–Kier alpha value is -2.35. The molecule has 0 amide bonds. The number of nitrogens with zero attached hydrogens (tertiary/aromatic N) is 1. The van der Waals surface area contributed by atoms with Crippen LogP contribution >= 0.6 is 0 Å². The van der Waals surface area contributed by atoms with Gasteiger partial charge in [0, 0.05) is 6.42 Å². The lowest BCUT2D eigenvalue weighted by atomic mass is 10.1. The van der Waals surface area contributed by atoms with Gasteiger partial charge in [-0.2, -0.15) is 0 Å². The zero-order valence-corrected chi connectivity index (χ0v) is 10.2. The molecule has 1 aromatic heterocycles. The van der Waals surface area contributed by atoms with E-state index in [-0.39, 0.29) is 24.5 Å². The van der Waals surface area contributed by atoms with E-state index in [0.717, 1.165) is 0 Å². The van der Waals surface area contributed by atoms with Gasteiger partial charge in [-0.25, -0.2) is 4.79 Å². The molecule has 0 aromatic carbocycles. The summed E-state index contributed by atoms with van der Waals surface area (Å²) in [6, 6.07) is -1.26. The van der Waals surface area contributed by atoms with Crippen LogP contribution in [0, 0.1) is 0 Å². The maximum Gasteiger partial charge on any atom is 0.375 e. The van der Waals surface area contributed by atoms with Gasteiger partial charge in [-0.1, -0.05) is 12.2 Å². The minimum absolute atomic E-state index is 0.0342. The highest BCUT2D eigenvalue weighted by Gasteiger charge is 2.26. The van der Waals surface area contributed by atoms with Gasteiger partial charge >= 0.3 is 11.9 Å². The number of aliphatic carboxylic acids is 1. The number of hydrogen-bond donors (Lipinski definition) is 3. The first-order valence-electron chi connectivity index (χ1n) is 5.41. The molecule has 8 nitrogen and oxygen atoms in total. The first-order chi connectivity index (χ1) is 8.97. The van der Waals surface area contributed by atoms with Gasteiger partial charge in [0.1, 0.15) is 12.6 Å². The van der Waals surface area contributed by atoms with E-state index >= 15 is 0 Å². The Balaban J connectivity index is 2.97. The molecule has 1 aromatic rings. The van der Waals surface area contributed by atoms with Gasteiger partial charge in [0.25, 0.3) is 11.6 Å². The Bertz CT molecular complexity index is 493. The van der Waals surface area contributed by atoms with Crippen molar-refractivity contribution in [1.82, 2.24) is 5.16 Å². The van der Waals surface area contributed by atoms with E-state index in [2.05, 4.69) is 9.68 Å². The van der Waals surface area contributed by atoms with Gasteiger partial charge in [0.2, 0.25) is 0 Å². The van der Waals surface area contributed by atoms with Crippen molar-refractivity contribution in [3.63, 3.8) is 0 Å². The summed E-state index contributed by atoms with van der Waals surface area (Å²) < 4.78 is 9.81. The summed E-state index contributed by atoms with van der Waals surface area (Å²) in [5, 5.41) is 21.1. The van der Waals surface area contributed by atoms with Crippen molar-refractivity contribution in [1.29, 1.82) is 0 Å². The summed E-state index contributed by atoms with van der Waals surface area (Å²) in [5.41, 5.74) is 5.40. The summed E-state index contributed by atoms with van der Waals surface area (Å²) >= 11 is 0. The van der Waals surface area contributed by atoms with E-state index in [9.17, 15) is 9.59 Å². The third-order valence-electron chi connectivity index (χ3n) is 2.24. The SMILES string of the molecule is C/C=C/COc1noc(C(=O)O)c1CC(N)C(=O)O. The molecular weight excluding hydrogens is 256 g/mol. The summed E-state index contributed by atoms with van der Waals surface area (Å²) in [6.45, 7) is 1.95. The number of carboxylic acids is 2. The minimum Gasteiger partial charge on any atom is -0.480 e. The maximum absolute atomic E-state index is 10.9. The van der Waals surface area contributed by atoms with Crippen LogP contribution in [0.5, 0.6) is 5.88 Å². The second-order valence-corrected chi connectivity index (χ2v) is 3.63. The molecule has 8 heteroatoms.